The molecule has 2 rings (SSSR count). The average Bonchev–Trinajstić information content (AvgIpc) is 2.52. The summed E-state index contributed by atoms with van der Waals surface area (Å²) in [6, 6.07) is 0.469. The third-order valence-corrected chi connectivity index (χ3v) is 6.61. The Balaban J connectivity index is 1.83. The molecule has 2 fully saturated rings. The molecular formula is C21H40N2O. The Labute approximate surface area is 150 Å². The number of piperidine rings is 1. The predicted molar refractivity (Wildman–Crippen MR) is 102 cm³/mol. The first-order valence-electron chi connectivity index (χ1n) is 10.0. The van der Waals surface area contributed by atoms with Crippen LogP contribution in [-0.4, -0.2) is 47.4 Å². The Bertz CT molecular complexity index is 416. The topological polar surface area (TPSA) is 23.6 Å². The van der Waals surface area contributed by atoms with Gasteiger partial charge in [0.2, 0.25) is 5.91 Å². The number of amides is 1. The monoisotopic (exact) mass is 336 g/mol. The summed E-state index contributed by atoms with van der Waals surface area (Å²) in [6.07, 6.45) is 6.97. The minimum atomic E-state index is 0.227. The van der Waals surface area contributed by atoms with Crippen molar-refractivity contribution in [2.24, 2.45) is 17.3 Å². The Morgan fingerprint density at radius 3 is 1.79 bits per heavy atom. The van der Waals surface area contributed by atoms with Gasteiger partial charge in [-0.1, -0.05) is 20.8 Å². The molecule has 1 aliphatic carbocycles. The van der Waals surface area contributed by atoms with Crippen LogP contribution in [0.15, 0.2) is 0 Å². The van der Waals surface area contributed by atoms with Crippen molar-refractivity contribution < 1.29 is 4.79 Å². The molecule has 0 unspecified atom stereocenters. The smallest absolute Gasteiger partial charge is 0.225 e. The lowest BCUT2D eigenvalue weighted by molar-refractivity contribution is -0.139. The highest BCUT2D eigenvalue weighted by Crippen LogP contribution is 2.39. The van der Waals surface area contributed by atoms with Crippen LogP contribution < -0.4 is 0 Å². The third kappa shape index (κ3) is 4.74. The molecule has 24 heavy (non-hydrogen) atoms. The molecule has 0 aromatic rings. The molecule has 1 heterocycles. The molecule has 0 bridgehead atoms. The van der Waals surface area contributed by atoms with E-state index >= 15 is 0 Å². The maximum Gasteiger partial charge on any atom is 0.225 e. The van der Waals surface area contributed by atoms with Gasteiger partial charge in [0.1, 0.15) is 0 Å². The van der Waals surface area contributed by atoms with E-state index in [9.17, 15) is 4.79 Å². The van der Waals surface area contributed by atoms with Crippen molar-refractivity contribution >= 4 is 5.91 Å². The van der Waals surface area contributed by atoms with Crippen molar-refractivity contribution in [1.29, 1.82) is 0 Å². The zero-order valence-corrected chi connectivity index (χ0v) is 17.2. The van der Waals surface area contributed by atoms with E-state index in [4.69, 9.17) is 0 Å². The van der Waals surface area contributed by atoms with Crippen LogP contribution in [0, 0.1) is 17.3 Å². The number of likely N-dealkylation sites (tertiary alicyclic amines) is 1. The number of hydrogen-bond acceptors (Lipinski definition) is 2. The van der Waals surface area contributed by atoms with Crippen molar-refractivity contribution in [2.45, 2.75) is 91.6 Å². The largest absolute Gasteiger partial charge is 0.343 e. The van der Waals surface area contributed by atoms with Gasteiger partial charge in [0.15, 0.2) is 0 Å². The summed E-state index contributed by atoms with van der Waals surface area (Å²) in [4.78, 5) is 17.6. The fourth-order valence-corrected chi connectivity index (χ4v) is 4.59. The highest BCUT2D eigenvalue weighted by atomic mass is 16.2. The average molecular weight is 337 g/mol. The van der Waals surface area contributed by atoms with Crippen LogP contribution in [0.5, 0.6) is 0 Å². The molecule has 1 aliphatic heterocycles. The zero-order valence-electron chi connectivity index (χ0n) is 17.2. The van der Waals surface area contributed by atoms with Crippen molar-refractivity contribution in [3.05, 3.63) is 0 Å². The summed E-state index contributed by atoms with van der Waals surface area (Å²) in [5.74, 6) is 1.46. The summed E-state index contributed by atoms with van der Waals surface area (Å²) >= 11 is 0. The normalized spacial score (nSPS) is 28.0. The van der Waals surface area contributed by atoms with Gasteiger partial charge in [-0.2, -0.15) is 0 Å². The van der Waals surface area contributed by atoms with E-state index < -0.39 is 0 Å². The highest BCUT2D eigenvalue weighted by Gasteiger charge is 2.36. The van der Waals surface area contributed by atoms with Crippen LogP contribution in [0.4, 0.5) is 0 Å². The van der Waals surface area contributed by atoms with Crippen LogP contribution in [-0.2, 0) is 4.79 Å². The molecule has 140 valence electrons. The molecule has 1 saturated carbocycles. The van der Waals surface area contributed by atoms with E-state index in [1.54, 1.807) is 0 Å². The number of carbonyl (C=O) groups is 1. The fraction of sp³-hybridized carbons (Fsp3) is 0.952. The lowest BCUT2D eigenvalue weighted by Gasteiger charge is -2.43. The van der Waals surface area contributed by atoms with Crippen LogP contribution in [0.2, 0.25) is 0 Å². The first-order chi connectivity index (χ1) is 11.0. The third-order valence-electron chi connectivity index (χ3n) is 6.61. The second-order valence-corrected chi connectivity index (χ2v) is 10.3. The Hall–Kier alpha value is -0.570. The van der Waals surface area contributed by atoms with E-state index in [1.165, 1.54) is 25.7 Å². The van der Waals surface area contributed by atoms with Crippen LogP contribution in [0.25, 0.3) is 0 Å². The van der Waals surface area contributed by atoms with E-state index in [0.717, 1.165) is 31.8 Å². The van der Waals surface area contributed by atoms with Crippen molar-refractivity contribution in [1.82, 2.24) is 9.80 Å². The Morgan fingerprint density at radius 1 is 0.875 bits per heavy atom. The molecule has 0 aromatic heterocycles. The summed E-state index contributed by atoms with van der Waals surface area (Å²) in [6.45, 7) is 16.0. The van der Waals surface area contributed by atoms with Gasteiger partial charge in [-0.15, -0.1) is 0 Å². The molecule has 0 radical (unpaired) electrons. The first kappa shape index (κ1) is 19.8. The number of hydrogen-bond donors (Lipinski definition) is 0. The summed E-state index contributed by atoms with van der Waals surface area (Å²) in [5, 5.41) is 0. The molecule has 0 spiro atoms. The second-order valence-electron chi connectivity index (χ2n) is 10.3. The molecule has 3 nitrogen and oxygen atoms in total. The van der Waals surface area contributed by atoms with Gasteiger partial charge in [0.25, 0.3) is 0 Å². The summed E-state index contributed by atoms with van der Waals surface area (Å²) < 4.78 is 0. The van der Waals surface area contributed by atoms with Crippen LogP contribution in [0.3, 0.4) is 0 Å². The second kappa shape index (κ2) is 7.35. The van der Waals surface area contributed by atoms with Gasteiger partial charge in [0.05, 0.1) is 0 Å². The predicted octanol–water partition coefficient (Wildman–Crippen LogP) is 4.56. The molecule has 1 amide bonds. The van der Waals surface area contributed by atoms with Crippen molar-refractivity contribution in [3.63, 3.8) is 0 Å². The number of carbonyl (C=O) groups excluding carboxylic acids is 1. The van der Waals surface area contributed by atoms with Crippen LogP contribution in [0.1, 0.15) is 80.1 Å². The SMILES string of the molecule is CN(C(=O)C1CCN(C(C)(C)C)CC1)C1CCC(C(C)(C)C)CC1. The lowest BCUT2D eigenvalue weighted by atomic mass is 9.71. The molecule has 3 heteroatoms. The van der Waals surface area contributed by atoms with E-state index in [-0.39, 0.29) is 11.5 Å². The molecule has 2 aliphatic rings. The van der Waals surface area contributed by atoms with Crippen molar-refractivity contribution in [2.75, 3.05) is 20.1 Å². The van der Waals surface area contributed by atoms with E-state index in [0.29, 0.717) is 17.4 Å². The minimum Gasteiger partial charge on any atom is -0.343 e. The lowest BCUT2D eigenvalue weighted by Crippen LogP contribution is -2.50. The molecule has 1 saturated heterocycles. The van der Waals surface area contributed by atoms with Gasteiger partial charge < -0.3 is 4.90 Å². The van der Waals surface area contributed by atoms with Gasteiger partial charge in [-0.25, -0.2) is 0 Å². The standard InChI is InChI=1S/C21H40N2O/c1-20(2,3)17-8-10-18(11-9-17)22(7)19(24)16-12-14-23(15-13-16)21(4,5)6/h16-18H,8-15H2,1-7H3. The summed E-state index contributed by atoms with van der Waals surface area (Å²) in [5.41, 5.74) is 0.637. The fourth-order valence-electron chi connectivity index (χ4n) is 4.59. The highest BCUT2D eigenvalue weighted by molar-refractivity contribution is 5.79. The van der Waals surface area contributed by atoms with Crippen molar-refractivity contribution in [3.8, 4) is 0 Å². The van der Waals surface area contributed by atoms with Gasteiger partial charge >= 0.3 is 0 Å². The van der Waals surface area contributed by atoms with E-state index in [2.05, 4.69) is 58.4 Å². The van der Waals surface area contributed by atoms with Gasteiger partial charge in [-0.05, 0) is 83.7 Å². The maximum atomic E-state index is 12.9. The van der Waals surface area contributed by atoms with Gasteiger partial charge in [0, 0.05) is 24.5 Å². The molecular weight excluding hydrogens is 296 g/mol. The zero-order chi connectivity index (χ0) is 18.1. The Morgan fingerprint density at radius 2 is 1.38 bits per heavy atom. The molecule has 0 N–H and O–H groups in total. The number of rotatable bonds is 2. The Kier molecular flexibility index (Phi) is 6.05. The summed E-state index contributed by atoms with van der Waals surface area (Å²) in [7, 11) is 2.06. The minimum absolute atomic E-state index is 0.227. The van der Waals surface area contributed by atoms with Gasteiger partial charge in [-0.3, -0.25) is 9.69 Å². The molecule has 0 aromatic carbocycles. The quantitative estimate of drug-likeness (QED) is 0.738. The first-order valence-corrected chi connectivity index (χ1v) is 10.0. The maximum absolute atomic E-state index is 12.9. The molecule has 0 atom stereocenters. The number of nitrogens with zero attached hydrogens (tertiary/aromatic N) is 2. The van der Waals surface area contributed by atoms with Crippen LogP contribution >= 0.6 is 0 Å². The van der Waals surface area contributed by atoms with E-state index in [1.807, 2.05) is 0 Å².